The quantitative estimate of drug-likeness (QED) is 0.467. The fraction of sp³-hybridized carbons (Fsp3) is 0.368. The van der Waals surface area contributed by atoms with Crippen molar-refractivity contribution in [3.05, 3.63) is 64.2 Å². The third-order valence-corrected chi connectivity index (χ3v) is 4.94. The SMILES string of the molecule is CC1(C)OB(c2ccc([N+](=O)[O-])c(OCc3ccccc3)c2)OC1(C)C. The number of ether oxygens (including phenoxy) is 1. The molecule has 0 radical (unpaired) electrons. The predicted molar refractivity (Wildman–Crippen MR) is 99.6 cm³/mol. The molecule has 2 aromatic carbocycles. The summed E-state index contributed by atoms with van der Waals surface area (Å²) in [7, 11) is -0.597. The van der Waals surface area contributed by atoms with Gasteiger partial charge in [-0.2, -0.15) is 0 Å². The molecule has 136 valence electrons. The van der Waals surface area contributed by atoms with Crippen LogP contribution in [-0.4, -0.2) is 23.2 Å². The van der Waals surface area contributed by atoms with Crippen molar-refractivity contribution in [3.63, 3.8) is 0 Å². The number of benzene rings is 2. The summed E-state index contributed by atoms with van der Waals surface area (Å²) < 4.78 is 17.8. The predicted octanol–water partition coefficient (Wildman–Crippen LogP) is 3.47. The third-order valence-electron chi connectivity index (χ3n) is 4.94. The first kappa shape index (κ1) is 18.4. The molecule has 0 spiro atoms. The molecule has 0 aliphatic carbocycles. The average Bonchev–Trinajstić information content (AvgIpc) is 2.81. The maximum absolute atomic E-state index is 11.3. The molecule has 26 heavy (non-hydrogen) atoms. The molecule has 6 nitrogen and oxygen atoms in total. The van der Waals surface area contributed by atoms with E-state index in [1.54, 1.807) is 12.1 Å². The number of rotatable bonds is 5. The minimum absolute atomic E-state index is 0.0822. The fourth-order valence-corrected chi connectivity index (χ4v) is 2.66. The largest absolute Gasteiger partial charge is 0.494 e. The minimum Gasteiger partial charge on any atom is -0.482 e. The normalized spacial score (nSPS) is 17.9. The zero-order chi connectivity index (χ0) is 18.9. The topological polar surface area (TPSA) is 70.8 Å². The first-order valence-corrected chi connectivity index (χ1v) is 8.50. The van der Waals surface area contributed by atoms with Crippen LogP contribution >= 0.6 is 0 Å². The molecular formula is C19H22BNO5. The summed E-state index contributed by atoms with van der Waals surface area (Å²) in [5, 5.41) is 11.3. The van der Waals surface area contributed by atoms with E-state index in [0.29, 0.717) is 5.46 Å². The Labute approximate surface area is 153 Å². The molecule has 1 heterocycles. The van der Waals surface area contributed by atoms with Gasteiger partial charge < -0.3 is 14.0 Å². The lowest BCUT2D eigenvalue weighted by Crippen LogP contribution is -2.41. The Kier molecular flexibility index (Phi) is 4.77. The molecule has 7 heteroatoms. The number of hydrogen-bond acceptors (Lipinski definition) is 5. The Morgan fingerprint density at radius 3 is 2.23 bits per heavy atom. The van der Waals surface area contributed by atoms with Crippen molar-refractivity contribution in [2.45, 2.75) is 45.5 Å². The van der Waals surface area contributed by atoms with Gasteiger partial charge in [-0.05, 0) is 44.8 Å². The third kappa shape index (κ3) is 3.59. The summed E-state index contributed by atoms with van der Waals surface area (Å²) in [5.74, 6) is 0.200. The zero-order valence-electron chi connectivity index (χ0n) is 15.4. The van der Waals surface area contributed by atoms with Crippen LogP contribution in [0.2, 0.25) is 0 Å². The molecule has 0 unspecified atom stereocenters. The lowest BCUT2D eigenvalue weighted by Gasteiger charge is -2.32. The highest BCUT2D eigenvalue weighted by Crippen LogP contribution is 2.37. The lowest BCUT2D eigenvalue weighted by molar-refractivity contribution is -0.385. The van der Waals surface area contributed by atoms with Crippen molar-refractivity contribution < 1.29 is 19.0 Å². The van der Waals surface area contributed by atoms with E-state index in [0.717, 1.165) is 5.56 Å². The van der Waals surface area contributed by atoms with Gasteiger partial charge in [0.15, 0.2) is 5.75 Å². The van der Waals surface area contributed by atoms with Gasteiger partial charge in [0, 0.05) is 6.07 Å². The van der Waals surface area contributed by atoms with Gasteiger partial charge in [-0.1, -0.05) is 36.4 Å². The smallest absolute Gasteiger partial charge is 0.482 e. The van der Waals surface area contributed by atoms with Gasteiger partial charge >= 0.3 is 12.8 Å². The van der Waals surface area contributed by atoms with Gasteiger partial charge in [0.1, 0.15) is 6.61 Å². The molecule has 0 atom stereocenters. The Bertz CT molecular complexity index is 791. The molecule has 2 aromatic rings. The van der Waals surface area contributed by atoms with Crippen LogP contribution in [0.5, 0.6) is 5.75 Å². The van der Waals surface area contributed by atoms with Crippen LogP contribution < -0.4 is 10.2 Å². The van der Waals surface area contributed by atoms with Crippen LogP contribution in [0.25, 0.3) is 0 Å². The summed E-state index contributed by atoms with van der Waals surface area (Å²) >= 11 is 0. The second-order valence-corrected chi connectivity index (χ2v) is 7.35. The zero-order valence-corrected chi connectivity index (χ0v) is 15.4. The molecule has 1 aliphatic rings. The van der Waals surface area contributed by atoms with Crippen molar-refractivity contribution in [1.29, 1.82) is 0 Å². The van der Waals surface area contributed by atoms with Gasteiger partial charge in [0.05, 0.1) is 16.1 Å². The van der Waals surface area contributed by atoms with E-state index in [2.05, 4.69) is 0 Å². The van der Waals surface area contributed by atoms with E-state index in [1.807, 2.05) is 58.0 Å². The van der Waals surface area contributed by atoms with Crippen molar-refractivity contribution in [3.8, 4) is 5.75 Å². The standard InChI is InChI=1S/C19H22BNO5/c1-18(2)19(3,4)26-20(25-18)15-10-11-16(21(22)23)17(12-15)24-13-14-8-6-5-7-9-14/h5-12H,13H2,1-4H3. The summed E-state index contributed by atoms with van der Waals surface area (Å²) in [6, 6.07) is 14.2. The van der Waals surface area contributed by atoms with Gasteiger partial charge in [-0.25, -0.2) is 0 Å². The maximum Gasteiger partial charge on any atom is 0.494 e. The molecule has 1 fully saturated rings. The molecule has 0 N–H and O–H groups in total. The Hall–Kier alpha value is -2.38. The highest BCUT2D eigenvalue weighted by molar-refractivity contribution is 6.62. The van der Waals surface area contributed by atoms with Gasteiger partial charge in [0.25, 0.3) is 0 Å². The van der Waals surface area contributed by atoms with Crippen molar-refractivity contribution in [1.82, 2.24) is 0 Å². The maximum atomic E-state index is 11.3. The highest BCUT2D eigenvalue weighted by atomic mass is 16.7. The number of nitro benzene ring substituents is 1. The number of nitrogens with zero attached hydrogens (tertiary/aromatic N) is 1. The van der Waals surface area contributed by atoms with E-state index in [-0.39, 0.29) is 18.0 Å². The molecule has 1 saturated heterocycles. The van der Waals surface area contributed by atoms with Crippen molar-refractivity contribution in [2.75, 3.05) is 0 Å². The lowest BCUT2D eigenvalue weighted by atomic mass is 9.79. The van der Waals surface area contributed by atoms with Gasteiger partial charge in [-0.15, -0.1) is 0 Å². The van der Waals surface area contributed by atoms with E-state index >= 15 is 0 Å². The fourth-order valence-electron chi connectivity index (χ4n) is 2.66. The molecule has 0 bridgehead atoms. The van der Waals surface area contributed by atoms with Crippen molar-refractivity contribution >= 4 is 18.3 Å². The number of nitro groups is 1. The Morgan fingerprint density at radius 1 is 1.04 bits per heavy atom. The van der Waals surface area contributed by atoms with Crippen LogP contribution in [0.15, 0.2) is 48.5 Å². The monoisotopic (exact) mass is 355 g/mol. The van der Waals surface area contributed by atoms with Crippen LogP contribution in [0.1, 0.15) is 33.3 Å². The molecule has 0 aromatic heterocycles. The minimum atomic E-state index is -0.597. The van der Waals surface area contributed by atoms with Gasteiger partial charge in [-0.3, -0.25) is 10.1 Å². The summed E-state index contributed by atoms with van der Waals surface area (Å²) in [5.41, 5.74) is 0.580. The van der Waals surface area contributed by atoms with E-state index in [1.165, 1.54) is 6.07 Å². The number of hydrogen-bond donors (Lipinski definition) is 0. The first-order chi connectivity index (χ1) is 12.2. The average molecular weight is 355 g/mol. The Balaban J connectivity index is 1.86. The van der Waals surface area contributed by atoms with Crippen LogP contribution in [0.3, 0.4) is 0 Å². The van der Waals surface area contributed by atoms with E-state index in [9.17, 15) is 10.1 Å². The summed E-state index contributed by atoms with van der Waals surface area (Å²) in [4.78, 5) is 10.9. The van der Waals surface area contributed by atoms with Crippen LogP contribution in [-0.2, 0) is 15.9 Å². The Morgan fingerprint density at radius 2 is 1.65 bits per heavy atom. The van der Waals surface area contributed by atoms with Gasteiger partial charge in [0.2, 0.25) is 0 Å². The first-order valence-electron chi connectivity index (χ1n) is 8.50. The second kappa shape index (κ2) is 6.74. The van der Waals surface area contributed by atoms with Crippen molar-refractivity contribution in [2.24, 2.45) is 0 Å². The second-order valence-electron chi connectivity index (χ2n) is 7.35. The molecule has 0 amide bonds. The summed E-state index contributed by atoms with van der Waals surface area (Å²) in [6.07, 6.45) is 0. The molecule has 3 rings (SSSR count). The summed E-state index contributed by atoms with van der Waals surface area (Å²) in [6.45, 7) is 8.10. The van der Waals surface area contributed by atoms with Crippen LogP contribution in [0.4, 0.5) is 5.69 Å². The molecule has 0 saturated carbocycles. The highest BCUT2D eigenvalue weighted by Gasteiger charge is 2.51. The van der Waals surface area contributed by atoms with E-state index in [4.69, 9.17) is 14.0 Å². The van der Waals surface area contributed by atoms with Crippen LogP contribution in [0, 0.1) is 10.1 Å². The van der Waals surface area contributed by atoms with E-state index < -0.39 is 23.2 Å². The molecular weight excluding hydrogens is 333 g/mol. The molecule has 1 aliphatic heterocycles.